The zero-order valence-corrected chi connectivity index (χ0v) is 12.3. The Labute approximate surface area is 129 Å². The fourth-order valence-electron chi connectivity index (χ4n) is 1.93. The van der Waals surface area contributed by atoms with E-state index in [1.807, 2.05) is 19.1 Å². The molecule has 0 unspecified atom stereocenters. The van der Waals surface area contributed by atoms with Gasteiger partial charge in [-0.15, -0.1) is 0 Å². The summed E-state index contributed by atoms with van der Waals surface area (Å²) in [5.41, 5.74) is 3.67. The second-order valence-corrected chi connectivity index (χ2v) is 4.62. The van der Waals surface area contributed by atoms with Gasteiger partial charge in [0.05, 0.1) is 12.3 Å². The lowest BCUT2D eigenvalue weighted by Crippen LogP contribution is -2.21. The Morgan fingerprint density at radius 3 is 2.59 bits per heavy atom. The number of ether oxygens (including phenoxy) is 1. The predicted octanol–water partition coefficient (Wildman–Crippen LogP) is 3.35. The molecule has 0 fully saturated rings. The number of nitrogens with zero attached hydrogens (tertiary/aromatic N) is 1. The SMILES string of the molecule is CCCOc1ccc(N=C(NO)c2ccccc2C=O)cc1. The number of hydrogen-bond acceptors (Lipinski definition) is 4. The van der Waals surface area contributed by atoms with Crippen LogP contribution in [0, 0.1) is 0 Å². The molecule has 0 aliphatic carbocycles. The Hall–Kier alpha value is -2.66. The molecule has 0 bridgehead atoms. The molecule has 0 aliphatic rings. The molecule has 0 saturated heterocycles. The predicted molar refractivity (Wildman–Crippen MR) is 85.2 cm³/mol. The minimum atomic E-state index is 0.213. The van der Waals surface area contributed by atoms with Crippen LogP contribution in [0.3, 0.4) is 0 Å². The summed E-state index contributed by atoms with van der Waals surface area (Å²) in [6.07, 6.45) is 1.67. The molecule has 0 saturated carbocycles. The summed E-state index contributed by atoms with van der Waals surface area (Å²) in [6.45, 7) is 2.71. The van der Waals surface area contributed by atoms with E-state index in [0.29, 0.717) is 23.4 Å². The van der Waals surface area contributed by atoms with Crippen molar-refractivity contribution in [1.29, 1.82) is 0 Å². The van der Waals surface area contributed by atoms with Crippen molar-refractivity contribution in [2.75, 3.05) is 6.61 Å². The van der Waals surface area contributed by atoms with Crippen molar-refractivity contribution in [1.82, 2.24) is 5.48 Å². The van der Waals surface area contributed by atoms with Crippen molar-refractivity contribution in [3.05, 3.63) is 59.7 Å². The molecule has 5 nitrogen and oxygen atoms in total. The van der Waals surface area contributed by atoms with E-state index in [9.17, 15) is 10.0 Å². The highest BCUT2D eigenvalue weighted by molar-refractivity contribution is 6.05. The Morgan fingerprint density at radius 2 is 1.95 bits per heavy atom. The molecule has 2 aromatic rings. The first kappa shape index (κ1) is 15.7. The van der Waals surface area contributed by atoms with Gasteiger partial charge in [0.15, 0.2) is 12.1 Å². The van der Waals surface area contributed by atoms with Gasteiger partial charge in [-0.2, -0.15) is 0 Å². The molecule has 2 rings (SSSR count). The Kier molecular flexibility index (Phi) is 5.68. The van der Waals surface area contributed by atoms with Crippen molar-refractivity contribution in [2.45, 2.75) is 13.3 Å². The van der Waals surface area contributed by atoms with E-state index in [1.165, 1.54) is 0 Å². The van der Waals surface area contributed by atoms with E-state index in [1.54, 1.807) is 36.4 Å². The van der Waals surface area contributed by atoms with Crippen LogP contribution in [0.15, 0.2) is 53.5 Å². The third kappa shape index (κ3) is 3.93. The van der Waals surface area contributed by atoms with E-state index >= 15 is 0 Å². The fraction of sp³-hybridized carbons (Fsp3) is 0.176. The van der Waals surface area contributed by atoms with Gasteiger partial charge in [-0.3, -0.25) is 15.5 Å². The van der Waals surface area contributed by atoms with Crippen LogP contribution in [-0.2, 0) is 0 Å². The van der Waals surface area contributed by atoms with Crippen molar-refractivity contribution < 1.29 is 14.7 Å². The Bertz CT molecular complexity index is 651. The maximum Gasteiger partial charge on any atom is 0.158 e. The standard InChI is InChI=1S/C17H18N2O3/c1-2-11-22-15-9-7-14(8-10-15)18-17(19-21)16-6-4-3-5-13(16)12-20/h3-10,12,21H,2,11H2,1H3,(H,18,19). The second-order valence-electron chi connectivity index (χ2n) is 4.62. The molecule has 0 spiro atoms. The van der Waals surface area contributed by atoms with Crippen LogP contribution in [0.4, 0.5) is 5.69 Å². The third-order valence-corrected chi connectivity index (χ3v) is 3.00. The van der Waals surface area contributed by atoms with Gasteiger partial charge < -0.3 is 4.74 Å². The summed E-state index contributed by atoms with van der Waals surface area (Å²) in [6, 6.07) is 14.1. The molecule has 0 amide bonds. The highest BCUT2D eigenvalue weighted by atomic mass is 16.5. The quantitative estimate of drug-likeness (QED) is 0.371. The molecule has 2 N–H and O–H groups in total. The second kappa shape index (κ2) is 7.95. The number of carbonyl (C=O) groups is 1. The normalized spacial score (nSPS) is 11.1. The van der Waals surface area contributed by atoms with Crippen LogP contribution in [0.5, 0.6) is 5.75 Å². The van der Waals surface area contributed by atoms with E-state index in [2.05, 4.69) is 10.5 Å². The summed E-state index contributed by atoms with van der Waals surface area (Å²) >= 11 is 0. The lowest BCUT2D eigenvalue weighted by Gasteiger charge is -2.08. The molecule has 22 heavy (non-hydrogen) atoms. The van der Waals surface area contributed by atoms with Crippen LogP contribution in [0.1, 0.15) is 29.3 Å². The number of rotatable bonds is 6. The third-order valence-electron chi connectivity index (χ3n) is 3.00. The molecular weight excluding hydrogens is 280 g/mol. The number of amidine groups is 1. The first-order chi connectivity index (χ1) is 10.8. The fourth-order valence-corrected chi connectivity index (χ4v) is 1.93. The van der Waals surface area contributed by atoms with Gasteiger partial charge in [-0.05, 0) is 30.7 Å². The van der Waals surface area contributed by atoms with Crippen molar-refractivity contribution in [3.63, 3.8) is 0 Å². The van der Waals surface area contributed by atoms with E-state index in [-0.39, 0.29) is 5.84 Å². The van der Waals surface area contributed by atoms with Gasteiger partial charge in [0, 0.05) is 11.1 Å². The summed E-state index contributed by atoms with van der Waals surface area (Å²) in [4.78, 5) is 15.4. The first-order valence-electron chi connectivity index (χ1n) is 7.04. The first-order valence-corrected chi connectivity index (χ1v) is 7.04. The molecule has 0 aromatic heterocycles. The number of hydrogen-bond donors (Lipinski definition) is 2. The van der Waals surface area contributed by atoms with Crippen LogP contribution < -0.4 is 10.2 Å². The van der Waals surface area contributed by atoms with E-state index < -0.39 is 0 Å². The van der Waals surface area contributed by atoms with Crippen molar-refractivity contribution in [2.24, 2.45) is 4.99 Å². The Balaban J connectivity index is 2.26. The molecule has 5 heteroatoms. The highest BCUT2D eigenvalue weighted by Crippen LogP contribution is 2.19. The zero-order valence-electron chi connectivity index (χ0n) is 12.3. The molecule has 114 valence electrons. The molecule has 0 radical (unpaired) electrons. The average molecular weight is 298 g/mol. The van der Waals surface area contributed by atoms with Gasteiger partial charge in [0.1, 0.15) is 5.75 Å². The molecule has 0 heterocycles. The number of carbonyl (C=O) groups excluding carboxylic acids is 1. The minimum absolute atomic E-state index is 0.213. The maximum absolute atomic E-state index is 11.1. The number of nitrogens with one attached hydrogen (secondary N) is 1. The van der Waals surface area contributed by atoms with Crippen LogP contribution in [0.2, 0.25) is 0 Å². The molecular formula is C17H18N2O3. The number of benzene rings is 2. The van der Waals surface area contributed by atoms with Crippen molar-refractivity contribution >= 4 is 17.8 Å². The lowest BCUT2D eigenvalue weighted by atomic mass is 10.1. The smallest absolute Gasteiger partial charge is 0.158 e. The van der Waals surface area contributed by atoms with Gasteiger partial charge >= 0.3 is 0 Å². The number of hydroxylamine groups is 1. The van der Waals surface area contributed by atoms with Gasteiger partial charge in [-0.1, -0.05) is 31.2 Å². The monoisotopic (exact) mass is 298 g/mol. The summed E-state index contributed by atoms with van der Waals surface area (Å²) in [5.74, 6) is 0.984. The average Bonchev–Trinajstić information content (AvgIpc) is 2.59. The lowest BCUT2D eigenvalue weighted by molar-refractivity contribution is 0.112. The molecule has 2 aromatic carbocycles. The van der Waals surface area contributed by atoms with E-state index in [4.69, 9.17) is 4.74 Å². The summed E-state index contributed by atoms with van der Waals surface area (Å²) in [7, 11) is 0. The van der Waals surface area contributed by atoms with Crippen LogP contribution >= 0.6 is 0 Å². The van der Waals surface area contributed by atoms with E-state index in [0.717, 1.165) is 18.5 Å². The Morgan fingerprint density at radius 1 is 1.23 bits per heavy atom. The number of aldehydes is 1. The highest BCUT2D eigenvalue weighted by Gasteiger charge is 2.08. The topological polar surface area (TPSA) is 70.9 Å². The van der Waals surface area contributed by atoms with Crippen molar-refractivity contribution in [3.8, 4) is 5.75 Å². The molecule has 0 atom stereocenters. The largest absolute Gasteiger partial charge is 0.494 e. The molecule has 0 aliphatic heterocycles. The van der Waals surface area contributed by atoms with Crippen LogP contribution in [-0.4, -0.2) is 23.9 Å². The minimum Gasteiger partial charge on any atom is -0.494 e. The van der Waals surface area contributed by atoms with Gasteiger partial charge in [0.2, 0.25) is 0 Å². The zero-order chi connectivity index (χ0) is 15.8. The maximum atomic E-state index is 11.1. The van der Waals surface area contributed by atoms with Gasteiger partial charge in [-0.25, -0.2) is 4.99 Å². The van der Waals surface area contributed by atoms with Gasteiger partial charge in [0.25, 0.3) is 0 Å². The number of aliphatic imine (C=N–C) groups is 1. The van der Waals surface area contributed by atoms with Crippen LogP contribution in [0.25, 0.3) is 0 Å². The summed E-state index contributed by atoms with van der Waals surface area (Å²) in [5, 5.41) is 9.31. The summed E-state index contributed by atoms with van der Waals surface area (Å²) < 4.78 is 5.50.